The smallest absolute Gasteiger partial charge is 0.276 e. The molecule has 2 aromatic rings. The van der Waals surface area contributed by atoms with Crippen molar-refractivity contribution in [1.29, 1.82) is 0 Å². The van der Waals surface area contributed by atoms with E-state index in [4.69, 9.17) is 10.2 Å². The van der Waals surface area contributed by atoms with Gasteiger partial charge >= 0.3 is 0 Å². The van der Waals surface area contributed by atoms with E-state index in [1.165, 1.54) is 30.7 Å². The van der Waals surface area contributed by atoms with Crippen molar-refractivity contribution in [1.82, 2.24) is 20.2 Å². The number of aromatic nitrogens is 4. The van der Waals surface area contributed by atoms with Crippen LogP contribution < -0.4 is 11.3 Å². The minimum atomic E-state index is -0.275. The highest BCUT2D eigenvalue weighted by Crippen LogP contribution is 2.22. The first-order valence-corrected chi connectivity index (χ1v) is 8.59. The second kappa shape index (κ2) is 8.08. The summed E-state index contributed by atoms with van der Waals surface area (Å²) in [6.45, 7) is 2.17. The van der Waals surface area contributed by atoms with Gasteiger partial charge in [-0.15, -0.1) is 10.2 Å². The molecule has 9 heteroatoms. The highest BCUT2D eigenvalue weighted by Gasteiger charge is 2.08. The zero-order chi connectivity index (χ0) is 15.1. The molecule has 0 fully saturated rings. The molecule has 0 saturated heterocycles. The molecule has 0 aromatic carbocycles. The van der Waals surface area contributed by atoms with E-state index in [0.717, 1.165) is 12.2 Å². The lowest BCUT2D eigenvalue weighted by atomic mass is 10.3. The topological polar surface area (TPSA) is 111 Å². The fraction of sp³-hybridized carbons (Fsp3) is 0.500. The van der Waals surface area contributed by atoms with Gasteiger partial charge in [0.25, 0.3) is 10.8 Å². The third-order valence-electron chi connectivity index (χ3n) is 2.49. The van der Waals surface area contributed by atoms with Crippen molar-refractivity contribution in [3.8, 4) is 0 Å². The molecule has 21 heavy (non-hydrogen) atoms. The van der Waals surface area contributed by atoms with Gasteiger partial charge in [-0.2, -0.15) is 0 Å². The zero-order valence-electron chi connectivity index (χ0n) is 11.7. The molecule has 2 rings (SSSR count). The van der Waals surface area contributed by atoms with Gasteiger partial charge in [0, 0.05) is 11.8 Å². The Balaban J connectivity index is 1.83. The van der Waals surface area contributed by atoms with E-state index in [0.29, 0.717) is 22.0 Å². The van der Waals surface area contributed by atoms with Crippen LogP contribution in [0.25, 0.3) is 0 Å². The Morgan fingerprint density at radius 1 is 1.33 bits per heavy atom. The Hall–Kier alpha value is -1.48. The predicted octanol–water partition coefficient (Wildman–Crippen LogP) is 2.31. The average molecular weight is 327 g/mol. The summed E-state index contributed by atoms with van der Waals surface area (Å²) >= 11 is 2.86. The molecule has 2 heterocycles. The fourth-order valence-electron chi connectivity index (χ4n) is 1.52. The molecular formula is C12H17N5O2S2. The molecule has 0 atom stereocenters. The van der Waals surface area contributed by atoms with Crippen molar-refractivity contribution in [2.24, 2.45) is 0 Å². The molecule has 0 spiro atoms. The molecule has 2 aromatic heterocycles. The Bertz CT molecular complexity index is 628. The standard InChI is InChI=1S/C12H17N5O2S2/c1-2-3-4-5-20-12-17-16-10(19-12)7-21-11-14-8(13)6-9(18)15-11/h6H,2-5,7H2,1H3,(H3,13,14,15,18). The maximum atomic E-state index is 11.3. The minimum absolute atomic E-state index is 0.193. The van der Waals surface area contributed by atoms with Gasteiger partial charge in [0.05, 0.1) is 5.75 Å². The maximum Gasteiger partial charge on any atom is 0.276 e. The number of rotatable bonds is 8. The Morgan fingerprint density at radius 3 is 2.95 bits per heavy atom. The number of unbranched alkanes of at least 4 members (excludes halogenated alkanes) is 2. The quantitative estimate of drug-likeness (QED) is 0.432. The zero-order valence-corrected chi connectivity index (χ0v) is 13.3. The van der Waals surface area contributed by atoms with Crippen molar-refractivity contribution in [2.75, 3.05) is 11.5 Å². The first kappa shape index (κ1) is 15.9. The molecule has 7 nitrogen and oxygen atoms in total. The molecule has 3 N–H and O–H groups in total. The lowest BCUT2D eigenvalue weighted by Gasteiger charge is -1.98. The molecule has 0 aliphatic rings. The number of H-pyrrole nitrogens is 1. The predicted molar refractivity (Wildman–Crippen MR) is 83.4 cm³/mol. The van der Waals surface area contributed by atoms with E-state index in [9.17, 15) is 4.79 Å². The van der Waals surface area contributed by atoms with Crippen LogP contribution in [0.5, 0.6) is 0 Å². The summed E-state index contributed by atoms with van der Waals surface area (Å²) in [5.74, 6) is 2.11. The minimum Gasteiger partial charge on any atom is -0.415 e. The number of hydrogen-bond donors (Lipinski definition) is 2. The van der Waals surface area contributed by atoms with Gasteiger partial charge in [0.2, 0.25) is 5.89 Å². The van der Waals surface area contributed by atoms with E-state index in [1.54, 1.807) is 11.8 Å². The fourth-order valence-corrected chi connectivity index (χ4v) is 3.01. The number of aromatic amines is 1. The molecule has 114 valence electrons. The molecule has 0 radical (unpaired) electrons. The van der Waals surface area contributed by atoms with Gasteiger partial charge in [-0.05, 0) is 6.42 Å². The van der Waals surface area contributed by atoms with E-state index in [2.05, 4.69) is 27.1 Å². The summed E-state index contributed by atoms with van der Waals surface area (Å²) < 4.78 is 5.51. The van der Waals surface area contributed by atoms with E-state index >= 15 is 0 Å². The number of nitrogens with two attached hydrogens (primary N) is 1. The molecule has 0 aliphatic carbocycles. The number of thioether (sulfide) groups is 2. The first-order chi connectivity index (χ1) is 10.2. The van der Waals surface area contributed by atoms with E-state index in [-0.39, 0.29) is 11.4 Å². The SMILES string of the molecule is CCCCCSc1nnc(CSc2nc(N)cc(=O)[nH]2)o1. The van der Waals surface area contributed by atoms with E-state index in [1.807, 2.05) is 0 Å². The Morgan fingerprint density at radius 2 is 2.19 bits per heavy atom. The molecule has 0 unspecified atom stereocenters. The van der Waals surface area contributed by atoms with Crippen LogP contribution in [0, 0.1) is 0 Å². The monoisotopic (exact) mass is 327 g/mol. The van der Waals surface area contributed by atoms with Crippen LogP contribution in [0.4, 0.5) is 5.82 Å². The van der Waals surface area contributed by atoms with Crippen LogP contribution >= 0.6 is 23.5 Å². The third-order valence-corrected chi connectivity index (χ3v) is 4.26. The second-order valence-electron chi connectivity index (χ2n) is 4.28. The van der Waals surface area contributed by atoms with Gasteiger partial charge in [-0.25, -0.2) is 4.98 Å². The number of nitrogens with one attached hydrogen (secondary N) is 1. The number of hydrogen-bond acceptors (Lipinski definition) is 8. The summed E-state index contributed by atoms with van der Waals surface area (Å²) in [7, 11) is 0. The summed E-state index contributed by atoms with van der Waals surface area (Å²) in [4.78, 5) is 17.9. The number of anilines is 1. The summed E-state index contributed by atoms with van der Waals surface area (Å²) in [5, 5.41) is 8.96. The summed E-state index contributed by atoms with van der Waals surface area (Å²) in [6, 6.07) is 1.24. The lowest BCUT2D eigenvalue weighted by molar-refractivity contribution is 0.426. The van der Waals surface area contributed by atoms with E-state index < -0.39 is 0 Å². The molecule has 0 bridgehead atoms. The van der Waals surface area contributed by atoms with Crippen LogP contribution in [-0.2, 0) is 5.75 Å². The number of nitrogen functional groups attached to an aromatic ring is 1. The summed E-state index contributed by atoms with van der Waals surface area (Å²) in [6.07, 6.45) is 3.54. The van der Waals surface area contributed by atoms with Crippen molar-refractivity contribution in [3.05, 3.63) is 22.3 Å². The highest BCUT2D eigenvalue weighted by molar-refractivity contribution is 7.99. The Labute approximate surface area is 130 Å². The third kappa shape index (κ3) is 5.43. The van der Waals surface area contributed by atoms with Gasteiger partial charge in [0.15, 0.2) is 5.16 Å². The highest BCUT2D eigenvalue weighted by atomic mass is 32.2. The lowest BCUT2D eigenvalue weighted by Crippen LogP contribution is -2.09. The molecule has 0 saturated carbocycles. The molecule has 0 amide bonds. The van der Waals surface area contributed by atoms with Crippen molar-refractivity contribution < 1.29 is 4.42 Å². The normalized spacial score (nSPS) is 10.9. The van der Waals surface area contributed by atoms with Crippen molar-refractivity contribution in [3.63, 3.8) is 0 Å². The average Bonchev–Trinajstić information content (AvgIpc) is 2.88. The van der Waals surface area contributed by atoms with Crippen molar-refractivity contribution >= 4 is 29.3 Å². The van der Waals surface area contributed by atoms with Crippen LogP contribution in [0.3, 0.4) is 0 Å². The molecular weight excluding hydrogens is 310 g/mol. The Kier molecular flexibility index (Phi) is 6.12. The van der Waals surface area contributed by atoms with Crippen LogP contribution in [0.1, 0.15) is 32.1 Å². The van der Waals surface area contributed by atoms with Gasteiger partial charge < -0.3 is 15.1 Å². The van der Waals surface area contributed by atoms with Crippen LogP contribution in [0.15, 0.2) is 25.7 Å². The largest absolute Gasteiger partial charge is 0.415 e. The van der Waals surface area contributed by atoms with Gasteiger partial charge in [-0.1, -0.05) is 43.3 Å². The summed E-state index contributed by atoms with van der Waals surface area (Å²) in [5.41, 5.74) is 5.24. The molecule has 0 aliphatic heterocycles. The van der Waals surface area contributed by atoms with Crippen molar-refractivity contribution in [2.45, 2.75) is 42.3 Å². The maximum absolute atomic E-state index is 11.3. The van der Waals surface area contributed by atoms with Crippen LogP contribution in [0.2, 0.25) is 0 Å². The number of nitrogens with zero attached hydrogens (tertiary/aromatic N) is 3. The van der Waals surface area contributed by atoms with Gasteiger partial charge in [-0.3, -0.25) is 4.79 Å². The first-order valence-electron chi connectivity index (χ1n) is 6.62. The van der Waals surface area contributed by atoms with Crippen LogP contribution in [-0.4, -0.2) is 25.9 Å². The van der Waals surface area contributed by atoms with Gasteiger partial charge in [0.1, 0.15) is 5.82 Å². The second-order valence-corrected chi connectivity index (χ2v) is 6.29.